The summed E-state index contributed by atoms with van der Waals surface area (Å²) in [4.78, 5) is 69.1. The van der Waals surface area contributed by atoms with Crippen LogP contribution in [-0.2, 0) is 33.8 Å². The van der Waals surface area contributed by atoms with Gasteiger partial charge >= 0.3 is 0 Å². The molecule has 12 nitrogen and oxygen atoms in total. The summed E-state index contributed by atoms with van der Waals surface area (Å²) in [5.41, 5.74) is 3.02. The summed E-state index contributed by atoms with van der Waals surface area (Å²) in [5.74, 6) is -1.51. The molecule has 0 aliphatic carbocycles. The van der Waals surface area contributed by atoms with E-state index >= 15 is 0 Å². The van der Waals surface area contributed by atoms with Crippen molar-refractivity contribution in [1.29, 1.82) is 0 Å². The Morgan fingerprint density at radius 3 is 2.29 bits per heavy atom. The van der Waals surface area contributed by atoms with E-state index < -0.39 is 35.8 Å². The smallest absolute Gasteiger partial charge is 0.259 e. The number of nitrogens with one attached hydrogen (secondary N) is 4. The largest absolute Gasteiger partial charge is 0.361 e. The number of aromatic nitrogens is 1. The molecule has 3 aromatic rings. The van der Waals surface area contributed by atoms with Crippen molar-refractivity contribution in [3.63, 3.8) is 0 Å². The number of carbonyl (C=O) groups excluding carboxylic acids is 5. The van der Waals surface area contributed by atoms with Crippen molar-refractivity contribution in [2.75, 3.05) is 13.1 Å². The lowest BCUT2D eigenvalue weighted by atomic mass is 10.0. The molecule has 12 heteroatoms. The minimum Gasteiger partial charge on any atom is -0.361 e. The molecule has 49 heavy (non-hydrogen) atoms. The summed E-state index contributed by atoms with van der Waals surface area (Å²) in [6.45, 7) is 10.1. The van der Waals surface area contributed by atoms with Crippen LogP contribution >= 0.6 is 0 Å². The summed E-state index contributed by atoms with van der Waals surface area (Å²) >= 11 is 0. The van der Waals surface area contributed by atoms with Crippen molar-refractivity contribution >= 4 is 29.5 Å². The number of aryl methyl sites for hydroxylation is 2. The molecular formula is C37H48N6O6. The number of carbonyl (C=O) groups is 5. The number of nitrogens with zero attached hydrogens (tertiary/aromatic N) is 2. The fraction of sp³-hybridized carbons (Fsp3) is 0.459. The molecule has 2 aliphatic rings. The normalized spacial score (nSPS) is 20.2. The minimum absolute atomic E-state index is 0.0593. The lowest BCUT2D eigenvalue weighted by Crippen LogP contribution is -2.57. The molecule has 262 valence electrons. The number of benzene rings is 2. The number of rotatable bonds is 6. The zero-order valence-electron chi connectivity index (χ0n) is 29.0. The molecule has 3 atom stereocenters. The van der Waals surface area contributed by atoms with Gasteiger partial charge in [-0.15, -0.1) is 0 Å². The van der Waals surface area contributed by atoms with Crippen LogP contribution in [0.25, 0.3) is 0 Å². The third kappa shape index (κ3) is 10.2. The van der Waals surface area contributed by atoms with Gasteiger partial charge in [0.05, 0.1) is 5.69 Å². The Labute approximate surface area is 287 Å². The van der Waals surface area contributed by atoms with Gasteiger partial charge in [-0.25, -0.2) is 0 Å². The highest BCUT2D eigenvalue weighted by atomic mass is 16.5. The summed E-state index contributed by atoms with van der Waals surface area (Å²) in [6.07, 6.45) is 2.27. The van der Waals surface area contributed by atoms with Gasteiger partial charge in [0.25, 0.3) is 11.8 Å². The quantitative estimate of drug-likeness (QED) is 0.292. The Balaban J connectivity index is 1.64. The van der Waals surface area contributed by atoms with Crippen molar-refractivity contribution in [3.8, 4) is 0 Å². The van der Waals surface area contributed by atoms with Crippen LogP contribution in [0.3, 0.4) is 0 Å². The topological polar surface area (TPSA) is 163 Å². The molecule has 2 aliphatic heterocycles. The van der Waals surface area contributed by atoms with Gasteiger partial charge < -0.3 is 30.7 Å². The summed E-state index contributed by atoms with van der Waals surface area (Å²) < 4.78 is 5.34. The molecule has 0 fully saturated rings. The van der Waals surface area contributed by atoms with E-state index in [-0.39, 0.29) is 30.7 Å². The number of fused-ring (bicyclic) bond motifs is 18. The van der Waals surface area contributed by atoms with Gasteiger partial charge in [-0.05, 0) is 68.7 Å². The highest BCUT2D eigenvalue weighted by Gasteiger charge is 2.30. The third-order valence-electron chi connectivity index (χ3n) is 8.51. The predicted octanol–water partition coefficient (Wildman–Crippen LogP) is 3.47. The maximum absolute atomic E-state index is 13.8. The van der Waals surface area contributed by atoms with E-state index in [9.17, 15) is 24.0 Å². The van der Waals surface area contributed by atoms with Crippen LogP contribution in [0.1, 0.15) is 90.3 Å². The molecule has 2 bridgehead atoms. The fourth-order valence-electron chi connectivity index (χ4n) is 5.77. The van der Waals surface area contributed by atoms with Crippen LogP contribution in [0.2, 0.25) is 0 Å². The van der Waals surface area contributed by atoms with E-state index in [0.29, 0.717) is 61.4 Å². The van der Waals surface area contributed by atoms with E-state index in [4.69, 9.17) is 4.52 Å². The SMILES string of the molecule is CCc1noc(C)c1C(=O)N1CCCCNC(=O)[C@@H](C)NC(=O)[C@H](CC(C)C)NC(=O)[C@@H](Cc2ccccc2)NC(=O)c2ccc(cc2)C1. The molecule has 5 amide bonds. The van der Waals surface area contributed by atoms with Gasteiger partial charge in [0.2, 0.25) is 17.7 Å². The predicted molar refractivity (Wildman–Crippen MR) is 184 cm³/mol. The molecule has 0 saturated carbocycles. The zero-order valence-corrected chi connectivity index (χ0v) is 29.0. The van der Waals surface area contributed by atoms with Crippen LogP contribution in [0.5, 0.6) is 0 Å². The standard InChI is InChI=1S/C37H48N6O6/c1-6-29-32(25(5)49-42-29)37(48)43-19-11-10-18-38-33(44)24(4)39-35(46)30(20-23(2)3)41-36(47)31(21-26-12-8-7-9-13-26)40-34(45)28-16-14-27(22-43)15-17-28/h7-9,12-17,23-24,30-31H,6,10-11,18-22H2,1-5H3,(H,38,44)(H,39,46)(H,40,45)(H,41,47)/t24-,30+,31-/m1/s1. The van der Waals surface area contributed by atoms with Crippen molar-refractivity contribution in [1.82, 2.24) is 31.3 Å². The van der Waals surface area contributed by atoms with Gasteiger partial charge in [-0.2, -0.15) is 0 Å². The average molecular weight is 673 g/mol. The Hall–Kier alpha value is -5.00. The first-order chi connectivity index (χ1) is 23.5. The first-order valence-corrected chi connectivity index (χ1v) is 17.0. The molecule has 3 heterocycles. The maximum atomic E-state index is 13.8. The van der Waals surface area contributed by atoms with Gasteiger partial charge in [-0.1, -0.05) is 68.4 Å². The van der Waals surface area contributed by atoms with Gasteiger partial charge in [0.1, 0.15) is 29.4 Å². The van der Waals surface area contributed by atoms with Crippen molar-refractivity contribution in [2.24, 2.45) is 5.92 Å². The van der Waals surface area contributed by atoms with E-state index in [1.807, 2.05) is 51.1 Å². The maximum Gasteiger partial charge on any atom is 0.259 e. The lowest BCUT2D eigenvalue weighted by molar-refractivity contribution is -0.132. The lowest BCUT2D eigenvalue weighted by Gasteiger charge is -2.25. The second-order valence-corrected chi connectivity index (χ2v) is 13.0. The van der Waals surface area contributed by atoms with Crippen LogP contribution in [0, 0.1) is 12.8 Å². The van der Waals surface area contributed by atoms with Gasteiger partial charge in [0, 0.05) is 31.6 Å². The van der Waals surface area contributed by atoms with Gasteiger partial charge in [0.15, 0.2) is 0 Å². The molecule has 4 N–H and O–H groups in total. The Bertz CT molecular complexity index is 1600. The summed E-state index contributed by atoms with van der Waals surface area (Å²) in [7, 11) is 0. The summed E-state index contributed by atoms with van der Waals surface area (Å²) in [6, 6.07) is 13.5. The zero-order chi connectivity index (χ0) is 35.5. The molecule has 1 aromatic heterocycles. The minimum atomic E-state index is -0.987. The number of amides is 5. The van der Waals surface area contributed by atoms with Crippen molar-refractivity contribution < 1.29 is 28.5 Å². The average Bonchev–Trinajstić information content (AvgIpc) is 3.46. The van der Waals surface area contributed by atoms with Gasteiger partial charge in [-0.3, -0.25) is 24.0 Å². The number of hydrogen-bond acceptors (Lipinski definition) is 7. The van der Waals surface area contributed by atoms with Crippen LogP contribution in [0.15, 0.2) is 59.1 Å². The van der Waals surface area contributed by atoms with Crippen molar-refractivity contribution in [3.05, 3.63) is 88.3 Å². The fourth-order valence-corrected chi connectivity index (χ4v) is 5.77. The first kappa shape index (κ1) is 36.8. The van der Waals surface area contributed by atoms with E-state index in [2.05, 4.69) is 26.4 Å². The third-order valence-corrected chi connectivity index (χ3v) is 8.51. The van der Waals surface area contributed by atoms with E-state index in [1.54, 1.807) is 43.0 Å². The monoisotopic (exact) mass is 672 g/mol. The highest BCUT2D eigenvalue weighted by Crippen LogP contribution is 2.19. The Morgan fingerprint density at radius 1 is 0.918 bits per heavy atom. The highest BCUT2D eigenvalue weighted by molar-refractivity contribution is 5.99. The molecular weight excluding hydrogens is 624 g/mol. The molecule has 0 spiro atoms. The van der Waals surface area contributed by atoms with Crippen LogP contribution < -0.4 is 21.3 Å². The molecule has 2 aromatic carbocycles. The van der Waals surface area contributed by atoms with E-state index in [0.717, 1.165) is 11.1 Å². The Morgan fingerprint density at radius 2 is 1.61 bits per heavy atom. The first-order valence-electron chi connectivity index (χ1n) is 17.0. The summed E-state index contributed by atoms with van der Waals surface area (Å²) in [5, 5.41) is 15.4. The molecule has 0 radical (unpaired) electrons. The van der Waals surface area contributed by atoms with Crippen LogP contribution in [0.4, 0.5) is 0 Å². The van der Waals surface area contributed by atoms with Crippen molar-refractivity contribution in [2.45, 2.75) is 91.4 Å². The van der Waals surface area contributed by atoms with Crippen LogP contribution in [-0.4, -0.2) is 70.8 Å². The van der Waals surface area contributed by atoms with E-state index in [1.165, 1.54) is 0 Å². The number of hydrogen-bond donors (Lipinski definition) is 4. The second kappa shape index (κ2) is 17.4. The Kier molecular flexibility index (Phi) is 13.1. The molecule has 0 saturated heterocycles. The molecule has 5 rings (SSSR count). The molecule has 0 unspecified atom stereocenters. The second-order valence-electron chi connectivity index (χ2n) is 13.0.